The van der Waals surface area contributed by atoms with Crippen molar-refractivity contribution in [2.24, 2.45) is 11.8 Å². The van der Waals surface area contributed by atoms with Gasteiger partial charge in [0.2, 0.25) is 0 Å². The molecule has 1 aliphatic rings. The Balaban J connectivity index is 1.67. The first-order valence-electron chi connectivity index (χ1n) is 8.54. The third kappa shape index (κ3) is 3.92. The molecule has 4 atom stereocenters. The summed E-state index contributed by atoms with van der Waals surface area (Å²) in [5.41, 5.74) is 1.10. The molecular formula is C20H21NO3S. The smallest absolute Gasteiger partial charge is 0.345 e. The summed E-state index contributed by atoms with van der Waals surface area (Å²) in [6.07, 6.45) is 2.61. The summed E-state index contributed by atoms with van der Waals surface area (Å²) in [4.78, 5) is 12.4. The number of rotatable bonds is 6. The summed E-state index contributed by atoms with van der Waals surface area (Å²) in [7, 11) is 0. The predicted molar refractivity (Wildman–Crippen MR) is 96.6 cm³/mol. The quantitative estimate of drug-likeness (QED) is 0.818. The molecule has 5 heteroatoms. The molecular weight excluding hydrogens is 334 g/mol. The van der Waals surface area contributed by atoms with Crippen LogP contribution in [0.3, 0.4) is 0 Å². The second kappa shape index (κ2) is 7.81. The fourth-order valence-electron chi connectivity index (χ4n) is 3.93. The SMILES string of the molecule is N#C[C@@H]1C[C@@H](O)[C@H](c2ccccc2)[C@H]1CCCc1ccc(C(=O)O)s1. The fourth-order valence-corrected chi connectivity index (χ4v) is 4.82. The number of hydrogen-bond acceptors (Lipinski definition) is 4. The number of aryl methyl sites for hydroxylation is 1. The van der Waals surface area contributed by atoms with Crippen molar-refractivity contribution in [2.45, 2.75) is 37.7 Å². The van der Waals surface area contributed by atoms with Gasteiger partial charge in [0.05, 0.1) is 18.1 Å². The number of aliphatic hydroxyl groups excluding tert-OH is 1. The number of carboxylic acids is 1. The van der Waals surface area contributed by atoms with Crippen molar-refractivity contribution in [3.8, 4) is 6.07 Å². The molecule has 0 bridgehead atoms. The van der Waals surface area contributed by atoms with E-state index in [4.69, 9.17) is 5.11 Å². The zero-order valence-corrected chi connectivity index (χ0v) is 14.7. The summed E-state index contributed by atoms with van der Waals surface area (Å²) in [6, 6.07) is 15.8. The number of nitriles is 1. The first-order chi connectivity index (χ1) is 12.1. The van der Waals surface area contributed by atoms with Gasteiger partial charge in [0, 0.05) is 10.8 Å². The number of hydrogen-bond donors (Lipinski definition) is 2. The van der Waals surface area contributed by atoms with Crippen LogP contribution < -0.4 is 0 Å². The largest absolute Gasteiger partial charge is 0.477 e. The zero-order valence-electron chi connectivity index (χ0n) is 13.8. The zero-order chi connectivity index (χ0) is 17.8. The molecule has 0 amide bonds. The van der Waals surface area contributed by atoms with Gasteiger partial charge in [-0.05, 0) is 49.3 Å². The van der Waals surface area contributed by atoms with Crippen molar-refractivity contribution in [1.29, 1.82) is 5.26 Å². The van der Waals surface area contributed by atoms with E-state index >= 15 is 0 Å². The molecule has 1 heterocycles. The molecule has 0 unspecified atom stereocenters. The Hall–Kier alpha value is -2.16. The number of carboxylic acid groups (broad SMARTS) is 1. The van der Waals surface area contributed by atoms with Gasteiger partial charge in [0.1, 0.15) is 4.88 Å². The van der Waals surface area contributed by atoms with E-state index < -0.39 is 12.1 Å². The Morgan fingerprint density at radius 1 is 1.24 bits per heavy atom. The highest BCUT2D eigenvalue weighted by Crippen LogP contribution is 2.46. The van der Waals surface area contributed by atoms with Gasteiger partial charge in [-0.15, -0.1) is 11.3 Å². The highest BCUT2D eigenvalue weighted by Gasteiger charge is 2.42. The molecule has 0 spiro atoms. The van der Waals surface area contributed by atoms with Crippen molar-refractivity contribution in [2.75, 3.05) is 0 Å². The van der Waals surface area contributed by atoms with E-state index in [9.17, 15) is 15.2 Å². The summed E-state index contributed by atoms with van der Waals surface area (Å²) in [5.74, 6) is -0.868. The maximum atomic E-state index is 11.0. The van der Waals surface area contributed by atoms with E-state index in [0.29, 0.717) is 11.3 Å². The van der Waals surface area contributed by atoms with Crippen LogP contribution in [0.4, 0.5) is 0 Å². The van der Waals surface area contributed by atoms with Crippen molar-refractivity contribution in [1.82, 2.24) is 0 Å². The van der Waals surface area contributed by atoms with Gasteiger partial charge in [-0.2, -0.15) is 5.26 Å². The van der Waals surface area contributed by atoms with Crippen LogP contribution >= 0.6 is 11.3 Å². The first kappa shape index (κ1) is 17.7. The molecule has 0 aliphatic heterocycles. The summed E-state index contributed by atoms with van der Waals surface area (Å²) < 4.78 is 0. The molecule has 1 aromatic carbocycles. The molecule has 130 valence electrons. The molecule has 1 aliphatic carbocycles. The van der Waals surface area contributed by atoms with Crippen LogP contribution in [0.1, 0.15) is 45.3 Å². The predicted octanol–water partition coefficient (Wildman–Crippen LogP) is 4.07. The Morgan fingerprint density at radius 3 is 2.64 bits per heavy atom. The lowest BCUT2D eigenvalue weighted by atomic mass is 9.81. The molecule has 1 aromatic heterocycles. The lowest BCUT2D eigenvalue weighted by molar-refractivity contribution is 0.0702. The Morgan fingerprint density at radius 2 is 2.00 bits per heavy atom. The van der Waals surface area contributed by atoms with Crippen molar-refractivity contribution < 1.29 is 15.0 Å². The van der Waals surface area contributed by atoms with Gasteiger partial charge in [0.25, 0.3) is 0 Å². The second-order valence-corrected chi connectivity index (χ2v) is 7.77. The van der Waals surface area contributed by atoms with Crippen LogP contribution in [0.15, 0.2) is 42.5 Å². The minimum atomic E-state index is -0.885. The van der Waals surface area contributed by atoms with Gasteiger partial charge < -0.3 is 10.2 Å². The molecule has 25 heavy (non-hydrogen) atoms. The molecule has 2 N–H and O–H groups in total. The number of nitrogens with zero attached hydrogens (tertiary/aromatic N) is 1. The van der Waals surface area contributed by atoms with E-state index in [2.05, 4.69) is 6.07 Å². The molecule has 2 aromatic rings. The Kier molecular flexibility index (Phi) is 5.52. The summed E-state index contributed by atoms with van der Waals surface area (Å²) >= 11 is 1.31. The lowest BCUT2D eigenvalue weighted by Gasteiger charge is -2.23. The van der Waals surface area contributed by atoms with Gasteiger partial charge in [0.15, 0.2) is 0 Å². The van der Waals surface area contributed by atoms with Crippen LogP contribution in [0.5, 0.6) is 0 Å². The molecule has 1 fully saturated rings. The molecule has 3 rings (SSSR count). The third-order valence-corrected chi connectivity index (χ3v) is 6.20. The fraction of sp³-hybridized carbons (Fsp3) is 0.400. The normalized spacial score (nSPS) is 25.6. The minimum absolute atomic E-state index is 0.00349. The standard InChI is InChI=1S/C20H21NO3S/c21-12-14-11-17(22)19(13-5-2-1-3-6-13)16(14)8-4-7-15-9-10-18(25-15)20(23)24/h1-3,5-6,9-10,14,16-17,19,22H,4,7-8,11H2,(H,23,24)/t14-,16-,17+,19+/m0/s1. The maximum absolute atomic E-state index is 11.0. The van der Waals surface area contributed by atoms with Crippen molar-refractivity contribution in [3.05, 3.63) is 57.8 Å². The average Bonchev–Trinajstić information content (AvgIpc) is 3.20. The van der Waals surface area contributed by atoms with Crippen LogP contribution in [-0.2, 0) is 6.42 Å². The van der Waals surface area contributed by atoms with Gasteiger partial charge in [-0.3, -0.25) is 0 Å². The van der Waals surface area contributed by atoms with E-state index in [-0.39, 0.29) is 17.8 Å². The summed E-state index contributed by atoms with van der Waals surface area (Å²) in [5, 5.41) is 29.0. The van der Waals surface area contributed by atoms with Gasteiger partial charge >= 0.3 is 5.97 Å². The molecule has 4 nitrogen and oxygen atoms in total. The van der Waals surface area contributed by atoms with Crippen molar-refractivity contribution >= 4 is 17.3 Å². The van der Waals surface area contributed by atoms with E-state index in [1.165, 1.54) is 11.3 Å². The second-order valence-electron chi connectivity index (χ2n) is 6.60. The number of thiophene rings is 1. The topological polar surface area (TPSA) is 81.3 Å². The average molecular weight is 355 g/mol. The Bertz CT molecular complexity index is 765. The van der Waals surface area contributed by atoms with E-state index in [0.717, 1.165) is 29.7 Å². The maximum Gasteiger partial charge on any atom is 0.345 e. The van der Waals surface area contributed by atoms with Crippen LogP contribution in [0, 0.1) is 23.2 Å². The van der Waals surface area contributed by atoms with Crippen LogP contribution in [-0.4, -0.2) is 22.3 Å². The lowest BCUT2D eigenvalue weighted by Crippen LogP contribution is -2.18. The van der Waals surface area contributed by atoms with Gasteiger partial charge in [-0.25, -0.2) is 4.79 Å². The van der Waals surface area contributed by atoms with Gasteiger partial charge in [-0.1, -0.05) is 30.3 Å². The van der Waals surface area contributed by atoms with E-state index in [1.54, 1.807) is 6.07 Å². The third-order valence-electron chi connectivity index (χ3n) is 5.07. The minimum Gasteiger partial charge on any atom is -0.477 e. The number of aliphatic hydroxyl groups is 1. The first-order valence-corrected chi connectivity index (χ1v) is 9.36. The molecule has 0 radical (unpaired) electrons. The van der Waals surface area contributed by atoms with Crippen LogP contribution in [0.25, 0.3) is 0 Å². The molecule has 0 saturated heterocycles. The number of benzene rings is 1. The highest BCUT2D eigenvalue weighted by molar-refractivity contribution is 7.13. The number of aromatic carboxylic acids is 1. The molecule has 1 saturated carbocycles. The Labute approximate surface area is 151 Å². The van der Waals surface area contributed by atoms with Crippen molar-refractivity contribution in [3.63, 3.8) is 0 Å². The highest BCUT2D eigenvalue weighted by atomic mass is 32.1. The van der Waals surface area contributed by atoms with E-state index in [1.807, 2.05) is 36.4 Å². The number of carbonyl (C=O) groups is 1. The van der Waals surface area contributed by atoms with Crippen LogP contribution in [0.2, 0.25) is 0 Å². The monoisotopic (exact) mass is 355 g/mol. The summed E-state index contributed by atoms with van der Waals surface area (Å²) in [6.45, 7) is 0.